The monoisotopic (exact) mass is 323 g/mol. The second-order valence-electron chi connectivity index (χ2n) is 5.34. The van der Waals surface area contributed by atoms with Crippen LogP contribution in [0.3, 0.4) is 0 Å². The number of hydrogen-bond acceptors (Lipinski definition) is 5. The lowest BCUT2D eigenvalue weighted by atomic mass is 10.1. The van der Waals surface area contributed by atoms with Crippen molar-refractivity contribution >= 4 is 22.1 Å². The maximum Gasteiger partial charge on any atom is 0.278 e. The smallest absolute Gasteiger partial charge is 0.278 e. The summed E-state index contributed by atoms with van der Waals surface area (Å²) in [6.07, 6.45) is 4.01. The highest BCUT2D eigenvalue weighted by Gasteiger charge is 2.14. The van der Waals surface area contributed by atoms with Crippen molar-refractivity contribution in [2.45, 2.75) is 6.42 Å². The Balaban J connectivity index is 1.75. The number of benzene rings is 2. The van der Waals surface area contributed by atoms with Crippen LogP contribution in [0.2, 0.25) is 0 Å². The first-order valence-electron chi connectivity index (χ1n) is 7.57. The topological polar surface area (TPSA) is 77.3 Å². The van der Waals surface area contributed by atoms with Crippen molar-refractivity contribution in [3.8, 4) is 5.75 Å². The summed E-state index contributed by atoms with van der Waals surface area (Å²) in [6.45, 7) is 0.724. The summed E-state index contributed by atoms with van der Waals surface area (Å²) in [6, 6.07) is 13.0. The van der Waals surface area contributed by atoms with Crippen LogP contribution >= 0.6 is 0 Å². The number of anilines is 1. The zero-order valence-corrected chi connectivity index (χ0v) is 13.2. The largest absolute Gasteiger partial charge is 0.497 e. The van der Waals surface area contributed by atoms with E-state index in [0.29, 0.717) is 5.39 Å². The number of nitro groups is 1. The van der Waals surface area contributed by atoms with E-state index in [1.165, 1.54) is 17.8 Å². The number of nitrogens with zero attached hydrogens (tertiary/aromatic N) is 2. The molecule has 0 aliphatic rings. The number of aromatic nitrogens is 1. The SMILES string of the molecule is COc1ccc(CCNc2ccc([N+](=O)[O-])c3cnccc23)cc1. The molecule has 0 fully saturated rings. The van der Waals surface area contributed by atoms with Crippen LogP contribution in [0.1, 0.15) is 5.56 Å². The van der Waals surface area contributed by atoms with Gasteiger partial charge in [0, 0.05) is 36.1 Å². The first kappa shape index (κ1) is 15.7. The summed E-state index contributed by atoms with van der Waals surface area (Å²) >= 11 is 0. The Hall–Kier alpha value is -3.15. The average molecular weight is 323 g/mol. The molecule has 2 aromatic carbocycles. The third-order valence-electron chi connectivity index (χ3n) is 3.88. The van der Waals surface area contributed by atoms with Gasteiger partial charge < -0.3 is 10.1 Å². The first-order chi connectivity index (χ1) is 11.7. The lowest BCUT2D eigenvalue weighted by Crippen LogP contribution is -2.05. The quantitative estimate of drug-likeness (QED) is 0.551. The first-order valence-corrected chi connectivity index (χ1v) is 7.57. The standard InChI is InChI=1S/C18H17N3O3/c1-24-14-4-2-13(3-5-14)8-11-20-17-6-7-18(21(22)23)16-12-19-10-9-15(16)17/h2-7,9-10,12,20H,8,11H2,1H3. The van der Waals surface area contributed by atoms with Gasteiger partial charge in [0.15, 0.2) is 0 Å². The molecule has 0 amide bonds. The molecule has 0 unspecified atom stereocenters. The molecule has 0 spiro atoms. The Bertz CT molecular complexity index is 863. The van der Waals surface area contributed by atoms with Gasteiger partial charge in [-0.3, -0.25) is 15.1 Å². The number of fused-ring (bicyclic) bond motifs is 1. The second kappa shape index (κ2) is 6.95. The van der Waals surface area contributed by atoms with E-state index in [2.05, 4.69) is 10.3 Å². The van der Waals surface area contributed by atoms with Crippen LogP contribution in [-0.4, -0.2) is 23.6 Å². The molecule has 0 aliphatic heterocycles. The molecule has 1 aromatic heterocycles. The van der Waals surface area contributed by atoms with E-state index in [-0.39, 0.29) is 10.6 Å². The second-order valence-corrected chi connectivity index (χ2v) is 5.34. The fraction of sp³-hybridized carbons (Fsp3) is 0.167. The molecule has 0 radical (unpaired) electrons. The highest BCUT2D eigenvalue weighted by atomic mass is 16.6. The third-order valence-corrected chi connectivity index (χ3v) is 3.88. The fourth-order valence-electron chi connectivity index (χ4n) is 2.62. The number of non-ortho nitro benzene ring substituents is 1. The minimum atomic E-state index is -0.384. The number of pyridine rings is 1. The van der Waals surface area contributed by atoms with E-state index in [4.69, 9.17) is 4.74 Å². The van der Waals surface area contributed by atoms with E-state index >= 15 is 0 Å². The van der Waals surface area contributed by atoms with Crippen molar-refractivity contribution in [3.05, 3.63) is 70.5 Å². The summed E-state index contributed by atoms with van der Waals surface area (Å²) in [5.74, 6) is 0.834. The Morgan fingerprint density at radius 3 is 2.62 bits per heavy atom. The third kappa shape index (κ3) is 3.27. The molecule has 122 valence electrons. The van der Waals surface area contributed by atoms with Crippen LogP contribution in [0.15, 0.2) is 54.9 Å². The van der Waals surface area contributed by atoms with E-state index < -0.39 is 0 Å². The molecule has 6 nitrogen and oxygen atoms in total. The highest BCUT2D eigenvalue weighted by Crippen LogP contribution is 2.30. The molecule has 1 N–H and O–H groups in total. The molecule has 0 aliphatic carbocycles. The van der Waals surface area contributed by atoms with Crippen LogP contribution in [0.4, 0.5) is 11.4 Å². The van der Waals surface area contributed by atoms with Crippen LogP contribution in [0, 0.1) is 10.1 Å². The lowest BCUT2D eigenvalue weighted by molar-refractivity contribution is -0.383. The maximum atomic E-state index is 11.1. The van der Waals surface area contributed by atoms with Gasteiger partial charge in [-0.05, 0) is 36.2 Å². The summed E-state index contributed by atoms with van der Waals surface area (Å²) in [4.78, 5) is 14.7. The number of nitro benzene ring substituents is 1. The average Bonchev–Trinajstić information content (AvgIpc) is 2.62. The van der Waals surface area contributed by atoms with Crippen molar-refractivity contribution in [2.24, 2.45) is 0 Å². The van der Waals surface area contributed by atoms with Crippen molar-refractivity contribution < 1.29 is 9.66 Å². The molecule has 0 saturated heterocycles. The van der Waals surface area contributed by atoms with Crippen molar-refractivity contribution in [3.63, 3.8) is 0 Å². The number of nitrogens with one attached hydrogen (secondary N) is 1. The Kier molecular flexibility index (Phi) is 4.56. The molecule has 0 saturated carbocycles. The van der Waals surface area contributed by atoms with Crippen LogP contribution in [0.25, 0.3) is 10.8 Å². The molecular weight excluding hydrogens is 306 g/mol. The maximum absolute atomic E-state index is 11.1. The van der Waals surface area contributed by atoms with Crippen molar-refractivity contribution in [2.75, 3.05) is 19.0 Å². The van der Waals surface area contributed by atoms with E-state index in [1.54, 1.807) is 25.4 Å². The van der Waals surface area contributed by atoms with Gasteiger partial charge in [-0.25, -0.2) is 0 Å². The van der Waals surface area contributed by atoms with E-state index in [0.717, 1.165) is 29.8 Å². The molecular formula is C18H17N3O3. The number of ether oxygens (including phenoxy) is 1. The number of methoxy groups -OCH3 is 1. The predicted octanol–water partition coefficient (Wildman–Crippen LogP) is 3.81. The van der Waals surface area contributed by atoms with Gasteiger partial charge in [-0.15, -0.1) is 0 Å². The molecule has 3 aromatic rings. The number of hydrogen-bond donors (Lipinski definition) is 1. The summed E-state index contributed by atoms with van der Waals surface area (Å²) < 4.78 is 5.15. The van der Waals surface area contributed by atoms with Crippen LogP contribution in [0.5, 0.6) is 5.75 Å². The Labute approximate surface area is 139 Å². The summed E-state index contributed by atoms with van der Waals surface area (Å²) in [5, 5.41) is 15.8. The lowest BCUT2D eigenvalue weighted by Gasteiger charge is -2.10. The van der Waals surface area contributed by atoms with Crippen LogP contribution < -0.4 is 10.1 Å². The highest BCUT2D eigenvalue weighted by molar-refractivity contribution is 5.99. The Morgan fingerprint density at radius 1 is 1.12 bits per heavy atom. The van der Waals surface area contributed by atoms with Gasteiger partial charge >= 0.3 is 0 Å². The van der Waals surface area contributed by atoms with Gasteiger partial charge in [-0.1, -0.05) is 12.1 Å². The van der Waals surface area contributed by atoms with Gasteiger partial charge in [0.05, 0.1) is 17.4 Å². The minimum Gasteiger partial charge on any atom is -0.497 e. The zero-order valence-electron chi connectivity index (χ0n) is 13.2. The van der Waals surface area contributed by atoms with Crippen molar-refractivity contribution in [1.29, 1.82) is 0 Å². The van der Waals surface area contributed by atoms with Crippen LogP contribution in [-0.2, 0) is 6.42 Å². The van der Waals surface area contributed by atoms with E-state index in [9.17, 15) is 10.1 Å². The molecule has 3 rings (SSSR count). The fourth-order valence-corrected chi connectivity index (χ4v) is 2.62. The predicted molar refractivity (Wildman–Crippen MR) is 93.6 cm³/mol. The van der Waals surface area contributed by atoms with Gasteiger partial charge in [0.2, 0.25) is 0 Å². The molecule has 0 bridgehead atoms. The molecule has 24 heavy (non-hydrogen) atoms. The Morgan fingerprint density at radius 2 is 1.92 bits per heavy atom. The zero-order chi connectivity index (χ0) is 16.9. The molecule has 6 heteroatoms. The van der Waals surface area contributed by atoms with Gasteiger partial charge in [-0.2, -0.15) is 0 Å². The van der Waals surface area contributed by atoms with Crippen molar-refractivity contribution in [1.82, 2.24) is 4.98 Å². The summed E-state index contributed by atoms with van der Waals surface area (Å²) in [7, 11) is 1.64. The number of rotatable bonds is 6. The normalized spacial score (nSPS) is 10.5. The van der Waals surface area contributed by atoms with Gasteiger partial charge in [0.25, 0.3) is 5.69 Å². The van der Waals surface area contributed by atoms with E-state index in [1.807, 2.05) is 24.3 Å². The molecule has 0 atom stereocenters. The van der Waals surface area contributed by atoms with Gasteiger partial charge in [0.1, 0.15) is 5.75 Å². The minimum absolute atomic E-state index is 0.0683. The molecule has 1 heterocycles. The summed E-state index contributed by atoms with van der Waals surface area (Å²) in [5.41, 5.74) is 2.13.